The molecule has 0 aromatic carbocycles. The van der Waals surface area contributed by atoms with Crippen molar-refractivity contribution in [2.24, 2.45) is 5.73 Å². The Morgan fingerprint density at radius 1 is 1.58 bits per heavy atom. The van der Waals surface area contributed by atoms with Gasteiger partial charge < -0.3 is 5.73 Å². The minimum absolute atomic E-state index is 0.281. The summed E-state index contributed by atoms with van der Waals surface area (Å²) in [5.41, 5.74) is 6.81. The van der Waals surface area contributed by atoms with Gasteiger partial charge in [-0.3, -0.25) is 0 Å². The Morgan fingerprint density at radius 3 is 2.67 bits per heavy atom. The van der Waals surface area contributed by atoms with Gasteiger partial charge in [0, 0.05) is 5.38 Å². The van der Waals surface area contributed by atoms with E-state index in [4.69, 9.17) is 5.73 Å². The first-order chi connectivity index (χ1) is 5.54. The van der Waals surface area contributed by atoms with E-state index in [-0.39, 0.29) is 5.54 Å². The van der Waals surface area contributed by atoms with E-state index in [9.17, 15) is 0 Å². The van der Waals surface area contributed by atoms with Gasteiger partial charge in [0.1, 0.15) is 5.01 Å². The van der Waals surface area contributed by atoms with Crippen LogP contribution in [0.25, 0.3) is 0 Å². The van der Waals surface area contributed by atoms with E-state index < -0.39 is 0 Å². The predicted molar refractivity (Wildman–Crippen MR) is 53.3 cm³/mol. The summed E-state index contributed by atoms with van der Waals surface area (Å²) in [5.74, 6) is 0. The van der Waals surface area contributed by atoms with Crippen molar-refractivity contribution in [2.45, 2.75) is 39.2 Å². The zero-order valence-corrected chi connectivity index (χ0v) is 8.74. The molecule has 0 aliphatic carbocycles. The molecule has 0 saturated heterocycles. The molecule has 0 radical (unpaired) electrons. The van der Waals surface area contributed by atoms with Gasteiger partial charge in [-0.15, -0.1) is 11.3 Å². The fourth-order valence-corrected chi connectivity index (χ4v) is 1.87. The molecular formula is C9H16N2S. The van der Waals surface area contributed by atoms with E-state index in [0.29, 0.717) is 0 Å². The Morgan fingerprint density at radius 2 is 2.25 bits per heavy atom. The van der Waals surface area contributed by atoms with E-state index in [1.807, 2.05) is 13.8 Å². The molecule has 3 heteroatoms. The van der Waals surface area contributed by atoms with Crippen LogP contribution in [0.2, 0.25) is 0 Å². The van der Waals surface area contributed by atoms with Gasteiger partial charge in [0.2, 0.25) is 0 Å². The van der Waals surface area contributed by atoms with Crippen LogP contribution in [0, 0.1) is 0 Å². The molecule has 2 nitrogen and oxygen atoms in total. The fourth-order valence-electron chi connectivity index (χ4n) is 0.974. The molecule has 0 saturated carbocycles. The van der Waals surface area contributed by atoms with Crippen molar-refractivity contribution in [2.75, 3.05) is 0 Å². The fraction of sp³-hybridized carbons (Fsp3) is 0.667. The summed E-state index contributed by atoms with van der Waals surface area (Å²) in [6, 6.07) is 0. The molecule has 68 valence electrons. The molecule has 1 rings (SSSR count). The minimum Gasteiger partial charge on any atom is -0.320 e. The van der Waals surface area contributed by atoms with Gasteiger partial charge in [-0.1, -0.05) is 13.3 Å². The molecule has 0 amide bonds. The number of rotatable bonds is 3. The lowest BCUT2D eigenvalue weighted by molar-refractivity contribution is 0.548. The van der Waals surface area contributed by atoms with E-state index in [1.165, 1.54) is 5.69 Å². The maximum atomic E-state index is 5.91. The standard InChI is InChI=1S/C9H16N2S/c1-4-5-7-6-12-8(11-7)9(2,3)10/h6H,4-5,10H2,1-3H3. The van der Waals surface area contributed by atoms with Gasteiger partial charge in [-0.25, -0.2) is 4.98 Å². The van der Waals surface area contributed by atoms with Crippen molar-refractivity contribution in [3.05, 3.63) is 16.1 Å². The van der Waals surface area contributed by atoms with Gasteiger partial charge in [0.05, 0.1) is 11.2 Å². The normalized spacial score (nSPS) is 12.0. The maximum Gasteiger partial charge on any atom is 0.112 e. The predicted octanol–water partition coefficient (Wildman–Crippen LogP) is 2.29. The third kappa shape index (κ3) is 2.29. The van der Waals surface area contributed by atoms with Gasteiger partial charge >= 0.3 is 0 Å². The molecular weight excluding hydrogens is 168 g/mol. The van der Waals surface area contributed by atoms with Crippen LogP contribution < -0.4 is 5.73 Å². The number of aromatic nitrogens is 1. The first-order valence-electron chi connectivity index (χ1n) is 4.28. The first-order valence-corrected chi connectivity index (χ1v) is 5.15. The zero-order valence-electron chi connectivity index (χ0n) is 7.92. The van der Waals surface area contributed by atoms with E-state index in [2.05, 4.69) is 17.3 Å². The lowest BCUT2D eigenvalue weighted by Gasteiger charge is -2.13. The summed E-state index contributed by atoms with van der Waals surface area (Å²) in [7, 11) is 0. The van der Waals surface area contributed by atoms with Crippen LogP contribution in [-0.2, 0) is 12.0 Å². The van der Waals surface area contributed by atoms with Crippen molar-refractivity contribution in [1.29, 1.82) is 0 Å². The average molecular weight is 184 g/mol. The molecule has 0 bridgehead atoms. The molecule has 0 atom stereocenters. The van der Waals surface area contributed by atoms with Crippen LogP contribution >= 0.6 is 11.3 Å². The minimum atomic E-state index is -0.281. The number of hydrogen-bond acceptors (Lipinski definition) is 3. The number of aryl methyl sites for hydroxylation is 1. The van der Waals surface area contributed by atoms with Crippen molar-refractivity contribution >= 4 is 11.3 Å². The number of nitrogens with two attached hydrogens (primary N) is 1. The summed E-state index contributed by atoms with van der Waals surface area (Å²) in [5, 5.41) is 3.14. The average Bonchev–Trinajstić information content (AvgIpc) is 2.35. The smallest absolute Gasteiger partial charge is 0.112 e. The van der Waals surface area contributed by atoms with Gasteiger partial charge in [0.15, 0.2) is 0 Å². The number of nitrogens with zero attached hydrogens (tertiary/aromatic N) is 1. The molecule has 1 aromatic heterocycles. The Bertz CT molecular complexity index is 247. The molecule has 12 heavy (non-hydrogen) atoms. The summed E-state index contributed by atoms with van der Waals surface area (Å²) < 4.78 is 0. The monoisotopic (exact) mass is 184 g/mol. The second-order valence-electron chi connectivity index (χ2n) is 3.62. The van der Waals surface area contributed by atoms with Crippen LogP contribution in [0.4, 0.5) is 0 Å². The van der Waals surface area contributed by atoms with Crippen molar-refractivity contribution in [1.82, 2.24) is 4.98 Å². The highest BCUT2D eigenvalue weighted by atomic mass is 32.1. The van der Waals surface area contributed by atoms with E-state index in [0.717, 1.165) is 17.8 Å². The summed E-state index contributed by atoms with van der Waals surface area (Å²) in [4.78, 5) is 4.46. The molecule has 0 unspecified atom stereocenters. The molecule has 0 aliphatic heterocycles. The molecule has 0 aliphatic rings. The van der Waals surface area contributed by atoms with Gasteiger partial charge in [-0.05, 0) is 20.3 Å². The molecule has 0 fully saturated rings. The number of thiazole rings is 1. The topological polar surface area (TPSA) is 38.9 Å². The van der Waals surface area contributed by atoms with Crippen LogP contribution in [0.5, 0.6) is 0 Å². The highest BCUT2D eigenvalue weighted by Gasteiger charge is 2.17. The van der Waals surface area contributed by atoms with E-state index >= 15 is 0 Å². The lowest BCUT2D eigenvalue weighted by Crippen LogP contribution is -2.28. The lowest BCUT2D eigenvalue weighted by atomic mass is 10.1. The second kappa shape index (κ2) is 3.54. The van der Waals surface area contributed by atoms with Crippen molar-refractivity contribution in [3.63, 3.8) is 0 Å². The highest BCUT2D eigenvalue weighted by molar-refractivity contribution is 7.09. The van der Waals surface area contributed by atoms with E-state index in [1.54, 1.807) is 11.3 Å². The van der Waals surface area contributed by atoms with Gasteiger partial charge in [0.25, 0.3) is 0 Å². The summed E-state index contributed by atoms with van der Waals surface area (Å²) >= 11 is 1.66. The molecule has 2 N–H and O–H groups in total. The Kier molecular flexibility index (Phi) is 2.85. The third-order valence-corrected chi connectivity index (χ3v) is 2.84. The highest BCUT2D eigenvalue weighted by Crippen LogP contribution is 2.21. The van der Waals surface area contributed by atoms with Crippen molar-refractivity contribution < 1.29 is 0 Å². The summed E-state index contributed by atoms with van der Waals surface area (Å²) in [6.07, 6.45) is 2.21. The quantitative estimate of drug-likeness (QED) is 0.782. The second-order valence-corrected chi connectivity index (χ2v) is 4.47. The van der Waals surface area contributed by atoms with Crippen LogP contribution in [0.1, 0.15) is 37.9 Å². The van der Waals surface area contributed by atoms with Crippen LogP contribution in [0.3, 0.4) is 0 Å². The van der Waals surface area contributed by atoms with Crippen LogP contribution in [-0.4, -0.2) is 4.98 Å². The number of hydrogen-bond donors (Lipinski definition) is 1. The third-order valence-electron chi connectivity index (χ3n) is 1.61. The van der Waals surface area contributed by atoms with Gasteiger partial charge in [-0.2, -0.15) is 0 Å². The van der Waals surface area contributed by atoms with Crippen LogP contribution in [0.15, 0.2) is 5.38 Å². The Labute approximate surface area is 77.8 Å². The SMILES string of the molecule is CCCc1csc(C(C)(C)N)n1. The Hall–Kier alpha value is -0.410. The summed E-state index contributed by atoms with van der Waals surface area (Å²) in [6.45, 7) is 6.13. The molecule has 1 aromatic rings. The molecule has 0 spiro atoms. The van der Waals surface area contributed by atoms with Crippen molar-refractivity contribution in [3.8, 4) is 0 Å². The largest absolute Gasteiger partial charge is 0.320 e. The zero-order chi connectivity index (χ0) is 9.19. The molecule has 1 heterocycles. The first kappa shape index (κ1) is 9.68. The Balaban J connectivity index is 2.77. The maximum absolute atomic E-state index is 5.91.